The maximum atomic E-state index is 14.2. The Labute approximate surface area is 232 Å². The molecule has 2 aliphatic carbocycles. The van der Waals surface area contributed by atoms with E-state index in [1.807, 2.05) is 0 Å². The predicted octanol–water partition coefficient (Wildman–Crippen LogP) is 3.78. The second-order valence-electron chi connectivity index (χ2n) is 10.2. The number of nitrogens with one attached hydrogen (secondary N) is 1. The van der Waals surface area contributed by atoms with Crippen LogP contribution in [-0.2, 0) is 19.2 Å². The molecule has 0 radical (unpaired) electrons. The van der Waals surface area contributed by atoms with Crippen molar-refractivity contribution in [2.24, 2.45) is 17.8 Å². The zero-order valence-corrected chi connectivity index (χ0v) is 22.1. The van der Waals surface area contributed by atoms with Crippen LogP contribution in [0.5, 0.6) is 11.5 Å². The number of alkyl halides is 2. The molecule has 1 saturated carbocycles. The van der Waals surface area contributed by atoms with E-state index in [0.29, 0.717) is 5.57 Å². The molecule has 0 bridgehead atoms. The number of amides is 4. The summed E-state index contributed by atoms with van der Waals surface area (Å²) in [6.07, 6.45) is 1.78. The Hall–Kier alpha value is -3.43. The number of ether oxygens (including phenoxy) is 1. The molecule has 2 aliphatic heterocycles. The van der Waals surface area contributed by atoms with Crippen molar-refractivity contribution in [2.75, 3.05) is 11.5 Å². The van der Waals surface area contributed by atoms with Crippen molar-refractivity contribution in [3.8, 4) is 11.5 Å². The van der Waals surface area contributed by atoms with Crippen molar-refractivity contribution < 1.29 is 33.4 Å². The summed E-state index contributed by atoms with van der Waals surface area (Å²) >= 11 is 14.4. The molecule has 6 rings (SSSR count). The summed E-state index contributed by atoms with van der Waals surface area (Å²) in [6.45, 7) is 2.00. The highest BCUT2D eigenvalue weighted by molar-refractivity contribution is 6.58. The lowest BCUT2D eigenvalue weighted by molar-refractivity contribution is -0.127. The lowest BCUT2D eigenvalue weighted by Gasteiger charge is -2.50. The summed E-state index contributed by atoms with van der Waals surface area (Å²) < 4.78 is 19.3. The highest BCUT2D eigenvalue weighted by Crippen LogP contribution is 2.66. The third-order valence-electron chi connectivity index (χ3n) is 8.38. The number of halogens is 3. The number of imide groups is 2. The number of allylic oxidation sites excluding steroid dienone is 2. The fraction of sp³-hybridized carbons (Fsp3) is 0.357. The number of aromatic hydroxyl groups is 1. The molecule has 202 valence electrons. The lowest BCUT2D eigenvalue weighted by atomic mass is 9.56. The van der Waals surface area contributed by atoms with Crippen LogP contribution in [0.4, 0.5) is 10.1 Å². The second kappa shape index (κ2) is 8.79. The van der Waals surface area contributed by atoms with Gasteiger partial charge < -0.3 is 9.84 Å². The average Bonchev–Trinajstić information content (AvgIpc) is 3.28. The number of benzene rings is 2. The molecule has 6 atom stereocenters. The summed E-state index contributed by atoms with van der Waals surface area (Å²) in [5, 5.41) is 13.7. The van der Waals surface area contributed by atoms with Gasteiger partial charge in [-0.1, -0.05) is 23.8 Å². The summed E-state index contributed by atoms with van der Waals surface area (Å²) in [5.41, 5.74) is 0.816. The Bertz CT molecular complexity index is 1480. The van der Waals surface area contributed by atoms with Gasteiger partial charge in [0.25, 0.3) is 11.8 Å². The van der Waals surface area contributed by atoms with Crippen molar-refractivity contribution in [1.82, 2.24) is 5.32 Å². The summed E-state index contributed by atoms with van der Waals surface area (Å²) in [6, 6.07) is 9.51. The van der Waals surface area contributed by atoms with E-state index in [0.717, 1.165) is 17.0 Å². The lowest BCUT2D eigenvalue weighted by Crippen LogP contribution is -2.60. The van der Waals surface area contributed by atoms with E-state index in [1.54, 1.807) is 31.2 Å². The number of carbonyl (C=O) groups is 4. The van der Waals surface area contributed by atoms with Crippen LogP contribution in [0.25, 0.3) is 0 Å². The molecule has 4 amide bonds. The zero-order valence-electron chi connectivity index (χ0n) is 20.6. The maximum absolute atomic E-state index is 14.2. The van der Waals surface area contributed by atoms with Crippen molar-refractivity contribution in [1.29, 1.82) is 0 Å². The van der Waals surface area contributed by atoms with Gasteiger partial charge in [0.2, 0.25) is 11.8 Å². The predicted molar refractivity (Wildman–Crippen MR) is 139 cm³/mol. The molecule has 2 heterocycles. The van der Waals surface area contributed by atoms with Crippen LogP contribution in [0.3, 0.4) is 0 Å². The van der Waals surface area contributed by atoms with Crippen LogP contribution >= 0.6 is 23.2 Å². The van der Waals surface area contributed by atoms with Crippen molar-refractivity contribution in [2.45, 2.75) is 35.4 Å². The number of nitrogens with zero attached hydrogens (tertiary/aromatic N) is 1. The third-order valence-corrected chi connectivity index (χ3v) is 9.79. The molecule has 2 aromatic rings. The SMILES string of the molecule is CCOc1cccc(C2C3=CCC4C(=O)NC(=O)C4C3CC3(Cl)C(=O)N(c4ccc(F)cc4)C(=O)C23Cl)c1O. The van der Waals surface area contributed by atoms with E-state index in [2.05, 4.69) is 5.32 Å². The molecule has 2 N–H and O–H groups in total. The van der Waals surface area contributed by atoms with Crippen LogP contribution in [0.1, 0.15) is 31.2 Å². The van der Waals surface area contributed by atoms with Gasteiger partial charge in [0.1, 0.15) is 5.82 Å². The third kappa shape index (κ3) is 3.35. The van der Waals surface area contributed by atoms with Crippen molar-refractivity contribution >= 4 is 52.5 Å². The molecule has 2 saturated heterocycles. The smallest absolute Gasteiger partial charge is 0.258 e. The Morgan fingerprint density at radius 2 is 1.77 bits per heavy atom. The Balaban J connectivity index is 1.59. The number of fused-ring (bicyclic) bond motifs is 4. The van der Waals surface area contributed by atoms with E-state index in [-0.39, 0.29) is 42.2 Å². The van der Waals surface area contributed by atoms with E-state index >= 15 is 0 Å². The van der Waals surface area contributed by atoms with Crippen LogP contribution < -0.4 is 15.0 Å². The van der Waals surface area contributed by atoms with Crippen LogP contribution in [0.2, 0.25) is 0 Å². The first-order valence-electron chi connectivity index (χ1n) is 12.6. The topological polar surface area (TPSA) is 113 Å². The van der Waals surface area contributed by atoms with E-state index < -0.39 is 62.9 Å². The number of hydrogen-bond acceptors (Lipinski definition) is 6. The normalized spacial score (nSPS) is 33.3. The standard InChI is InChI=1S/C28H23Cl2FN2O6/c1-2-39-19-5-3-4-17(22(19)34)21-15-10-11-16-20(24(36)32-23(16)35)18(15)12-27(29)25(37)33(26(38)28(21,27)30)14-8-6-13(31)7-9-14/h3-10,16,18,20-21,34H,2,11-12H2,1H3,(H,32,35,36). The van der Waals surface area contributed by atoms with Gasteiger partial charge in [-0.15, -0.1) is 23.2 Å². The van der Waals surface area contributed by atoms with Gasteiger partial charge in [-0.25, -0.2) is 9.29 Å². The van der Waals surface area contributed by atoms with Crippen molar-refractivity contribution in [3.05, 3.63) is 65.5 Å². The molecular weight excluding hydrogens is 550 g/mol. The molecule has 0 spiro atoms. The number of phenolic OH excluding ortho intramolecular Hbond substituents is 1. The molecule has 3 fully saturated rings. The molecule has 8 nitrogen and oxygen atoms in total. The second-order valence-corrected chi connectivity index (χ2v) is 11.5. The van der Waals surface area contributed by atoms with E-state index in [9.17, 15) is 28.7 Å². The average molecular weight is 573 g/mol. The van der Waals surface area contributed by atoms with Crippen LogP contribution in [0, 0.1) is 23.6 Å². The quantitative estimate of drug-likeness (QED) is 0.327. The summed E-state index contributed by atoms with van der Waals surface area (Å²) in [5.74, 6) is -6.60. The Morgan fingerprint density at radius 3 is 2.46 bits per heavy atom. The number of carbonyl (C=O) groups excluding carboxylic acids is 4. The molecular formula is C28H23Cl2FN2O6. The number of hydrogen-bond donors (Lipinski definition) is 2. The molecule has 2 aromatic carbocycles. The first-order chi connectivity index (χ1) is 18.5. The minimum absolute atomic E-state index is 0.0792. The molecule has 4 aliphatic rings. The minimum atomic E-state index is -2.13. The van der Waals surface area contributed by atoms with E-state index in [1.165, 1.54) is 12.1 Å². The summed E-state index contributed by atoms with van der Waals surface area (Å²) in [7, 11) is 0. The number of rotatable bonds is 4. The van der Waals surface area contributed by atoms with Gasteiger partial charge >= 0.3 is 0 Å². The van der Waals surface area contributed by atoms with Crippen LogP contribution in [-0.4, -0.2) is 45.1 Å². The molecule has 39 heavy (non-hydrogen) atoms. The molecule has 6 unspecified atom stereocenters. The van der Waals surface area contributed by atoms with Gasteiger partial charge in [0.05, 0.1) is 24.1 Å². The van der Waals surface area contributed by atoms with Gasteiger partial charge in [0, 0.05) is 11.5 Å². The van der Waals surface area contributed by atoms with Gasteiger partial charge in [-0.05, 0) is 56.0 Å². The largest absolute Gasteiger partial charge is 0.504 e. The van der Waals surface area contributed by atoms with E-state index in [4.69, 9.17) is 27.9 Å². The minimum Gasteiger partial charge on any atom is -0.504 e. The summed E-state index contributed by atoms with van der Waals surface area (Å²) in [4.78, 5) is 50.4. The Kier molecular flexibility index (Phi) is 5.82. The highest BCUT2D eigenvalue weighted by atomic mass is 35.5. The first kappa shape index (κ1) is 25.8. The first-order valence-corrected chi connectivity index (χ1v) is 13.3. The number of para-hydroxylation sites is 1. The highest BCUT2D eigenvalue weighted by Gasteiger charge is 2.76. The molecule has 11 heteroatoms. The number of anilines is 1. The van der Waals surface area contributed by atoms with Gasteiger partial charge in [-0.3, -0.25) is 24.5 Å². The Morgan fingerprint density at radius 1 is 1.05 bits per heavy atom. The maximum Gasteiger partial charge on any atom is 0.258 e. The van der Waals surface area contributed by atoms with Crippen LogP contribution in [0.15, 0.2) is 54.1 Å². The van der Waals surface area contributed by atoms with Crippen molar-refractivity contribution in [3.63, 3.8) is 0 Å². The zero-order chi connectivity index (χ0) is 27.9. The number of phenols is 1. The van der Waals surface area contributed by atoms with Gasteiger partial charge in [0.15, 0.2) is 21.2 Å². The fourth-order valence-corrected chi connectivity index (χ4v) is 7.63. The van der Waals surface area contributed by atoms with Gasteiger partial charge in [-0.2, -0.15) is 0 Å². The monoisotopic (exact) mass is 572 g/mol. The molecule has 0 aromatic heterocycles. The fourth-order valence-electron chi connectivity index (χ4n) is 6.70.